The Kier molecular flexibility index (Phi) is 11.7. The summed E-state index contributed by atoms with van der Waals surface area (Å²) in [7, 11) is 2.59. The lowest BCUT2D eigenvalue weighted by Gasteiger charge is -2.31. The van der Waals surface area contributed by atoms with Gasteiger partial charge in [-0.15, -0.1) is 0 Å². The fraction of sp³-hybridized carbons (Fsp3) is 0.465. The Hall–Kier alpha value is -5.63. The van der Waals surface area contributed by atoms with Crippen LogP contribution in [-0.2, 0) is 37.0 Å². The number of carbonyl (C=O) groups is 4. The molecule has 3 aliphatic rings. The average Bonchev–Trinajstić information content (AvgIpc) is 4.07. The highest BCUT2D eigenvalue weighted by molar-refractivity contribution is 5.87. The number of hydrogen-bond acceptors (Lipinski definition) is 8. The molecule has 2 saturated heterocycles. The number of nitrogens with one attached hydrogen (secondary N) is 4. The van der Waals surface area contributed by atoms with Crippen LogP contribution < -0.4 is 10.6 Å². The predicted octanol–water partition coefficient (Wildman–Crippen LogP) is 6.86. The summed E-state index contributed by atoms with van der Waals surface area (Å²) in [5, 5.41) is 5.44. The first-order valence-corrected chi connectivity index (χ1v) is 19.9. The fourth-order valence-corrected chi connectivity index (χ4v) is 8.43. The van der Waals surface area contributed by atoms with Gasteiger partial charge in [-0.25, -0.2) is 14.6 Å². The minimum Gasteiger partial charge on any atom is -0.453 e. The molecule has 2 aromatic carbocycles. The first-order chi connectivity index (χ1) is 27.5. The van der Waals surface area contributed by atoms with Crippen molar-refractivity contribution in [1.82, 2.24) is 35.4 Å². The first kappa shape index (κ1) is 39.6. The van der Waals surface area contributed by atoms with Crippen molar-refractivity contribution < 1.29 is 33.4 Å². The number of likely N-dealkylation sites (tertiary alicyclic amines) is 2. The molecular formula is C43H53N7O7. The Bertz CT molecular complexity index is 2090. The lowest BCUT2D eigenvalue weighted by atomic mass is 9.99. The van der Waals surface area contributed by atoms with Gasteiger partial charge in [-0.1, -0.05) is 76.2 Å². The van der Waals surface area contributed by atoms with E-state index in [0.717, 1.165) is 82.0 Å². The minimum atomic E-state index is -0.689. The Balaban J connectivity index is 1.05. The molecule has 302 valence electrons. The van der Waals surface area contributed by atoms with Gasteiger partial charge in [-0.3, -0.25) is 9.59 Å². The molecule has 4 atom stereocenters. The molecule has 4 amide bonds. The molecular weight excluding hydrogens is 727 g/mol. The van der Waals surface area contributed by atoms with Crippen molar-refractivity contribution in [2.75, 3.05) is 27.3 Å². The smallest absolute Gasteiger partial charge is 0.407 e. The van der Waals surface area contributed by atoms with E-state index in [0.29, 0.717) is 26.3 Å². The molecule has 2 unspecified atom stereocenters. The molecule has 14 nitrogen and oxygen atoms in total. The highest BCUT2D eigenvalue weighted by Crippen LogP contribution is 2.42. The molecule has 0 saturated carbocycles. The van der Waals surface area contributed by atoms with Gasteiger partial charge in [0, 0.05) is 29.9 Å². The molecule has 3 aliphatic heterocycles. The number of methoxy groups -OCH3 is 2. The Morgan fingerprint density at radius 2 is 1.19 bits per heavy atom. The minimum absolute atomic E-state index is 0.103. The highest BCUT2D eigenvalue weighted by Gasteiger charge is 2.40. The molecule has 4 N–H and O–H groups in total. The van der Waals surface area contributed by atoms with Crippen molar-refractivity contribution in [2.45, 2.75) is 90.8 Å². The van der Waals surface area contributed by atoms with Gasteiger partial charge in [0.1, 0.15) is 17.9 Å². The number of ether oxygens (including phenoxy) is 3. The maximum absolute atomic E-state index is 13.8. The van der Waals surface area contributed by atoms with Crippen LogP contribution in [0.2, 0.25) is 0 Å². The molecule has 0 spiro atoms. The van der Waals surface area contributed by atoms with E-state index in [2.05, 4.69) is 74.1 Å². The van der Waals surface area contributed by atoms with Gasteiger partial charge in [0.25, 0.3) is 0 Å². The number of fused-ring (bicyclic) bond motifs is 1. The number of amides is 4. The van der Waals surface area contributed by atoms with Gasteiger partial charge in [-0.2, -0.15) is 0 Å². The summed E-state index contributed by atoms with van der Waals surface area (Å²) >= 11 is 0. The zero-order chi connectivity index (χ0) is 40.4. The van der Waals surface area contributed by atoms with Crippen LogP contribution in [0.1, 0.15) is 88.1 Å². The van der Waals surface area contributed by atoms with E-state index in [-0.39, 0.29) is 35.7 Å². The number of hydrogen-bond donors (Lipinski definition) is 4. The number of carbonyl (C=O) groups excluding carboxylic acids is 4. The van der Waals surface area contributed by atoms with E-state index in [1.54, 1.807) is 0 Å². The summed E-state index contributed by atoms with van der Waals surface area (Å²) < 4.78 is 15.5. The average molecular weight is 780 g/mol. The Morgan fingerprint density at radius 3 is 1.74 bits per heavy atom. The number of alkyl carbamates (subject to hydrolysis) is 2. The van der Waals surface area contributed by atoms with Crippen molar-refractivity contribution in [1.29, 1.82) is 0 Å². The third-order valence-electron chi connectivity index (χ3n) is 11.5. The van der Waals surface area contributed by atoms with Crippen molar-refractivity contribution >= 4 is 24.0 Å². The van der Waals surface area contributed by atoms with E-state index in [4.69, 9.17) is 14.2 Å². The third-order valence-corrected chi connectivity index (χ3v) is 11.5. The second kappa shape index (κ2) is 16.8. The molecule has 2 aromatic heterocycles. The van der Waals surface area contributed by atoms with Crippen molar-refractivity contribution in [2.24, 2.45) is 11.8 Å². The van der Waals surface area contributed by atoms with Crippen LogP contribution in [0.25, 0.3) is 33.6 Å². The monoisotopic (exact) mass is 779 g/mol. The topological polar surface area (TPSA) is 171 Å². The van der Waals surface area contributed by atoms with E-state index >= 15 is 0 Å². The van der Waals surface area contributed by atoms with Gasteiger partial charge in [0.15, 0.2) is 0 Å². The first-order valence-electron chi connectivity index (χ1n) is 19.9. The molecule has 2 fully saturated rings. The normalized spacial score (nSPS) is 18.8. The number of H-pyrrole nitrogens is 2. The third kappa shape index (κ3) is 8.00. The molecule has 14 heteroatoms. The lowest BCUT2D eigenvalue weighted by Crippen LogP contribution is -2.51. The molecule has 5 heterocycles. The molecule has 0 bridgehead atoms. The quantitative estimate of drug-likeness (QED) is 0.128. The van der Waals surface area contributed by atoms with Crippen LogP contribution in [0, 0.1) is 11.8 Å². The molecule has 7 rings (SSSR count). The largest absolute Gasteiger partial charge is 0.453 e. The van der Waals surface area contributed by atoms with Crippen LogP contribution in [0.3, 0.4) is 0 Å². The van der Waals surface area contributed by atoms with Gasteiger partial charge >= 0.3 is 12.2 Å². The zero-order valence-electron chi connectivity index (χ0n) is 33.5. The van der Waals surface area contributed by atoms with E-state index in [1.165, 1.54) is 14.2 Å². The number of imidazole rings is 1. The van der Waals surface area contributed by atoms with Gasteiger partial charge < -0.3 is 44.6 Å². The van der Waals surface area contributed by atoms with Crippen molar-refractivity contribution in [3.8, 4) is 33.6 Å². The second-order valence-corrected chi connectivity index (χ2v) is 15.8. The maximum Gasteiger partial charge on any atom is 0.407 e. The molecule has 0 radical (unpaired) electrons. The highest BCUT2D eigenvalue weighted by atomic mass is 16.5. The van der Waals surface area contributed by atoms with Gasteiger partial charge in [0.05, 0.1) is 57.1 Å². The Morgan fingerprint density at radius 1 is 0.702 bits per heavy atom. The summed E-state index contributed by atoms with van der Waals surface area (Å²) in [6, 6.07) is 15.0. The number of aromatic nitrogens is 3. The van der Waals surface area contributed by atoms with Gasteiger partial charge in [0.2, 0.25) is 11.8 Å². The van der Waals surface area contributed by atoms with Crippen LogP contribution in [0.4, 0.5) is 9.59 Å². The lowest BCUT2D eigenvalue weighted by molar-refractivity contribution is -0.136. The number of rotatable bonds is 11. The van der Waals surface area contributed by atoms with E-state index < -0.39 is 24.3 Å². The number of nitrogens with zero attached hydrogens (tertiary/aromatic N) is 3. The van der Waals surface area contributed by atoms with Gasteiger partial charge in [-0.05, 0) is 59.8 Å². The summed E-state index contributed by atoms with van der Waals surface area (Å²) in [6.45, 7) is 9.84. The second-order valence-electron chi connectivity index (χ2n) is 15.8. The molecule has 0 aliphatic carbocycles. The number of aromatic amines is 2. The predicted molar refractivity (Wildman–Crippen MR) is 213 cm³/mol. The van der Waals surface area contributed by atoms with Crippen molar-refractivity contribution in [3.63, 3.8) is 0 Å². The molecule has 57 heavy (non-hydrogen) atoms. The van der Waals surface area contributed by atoms with E-state index in [1.807, 2.05) is 43.7 Å². The van der Waals surface area contributed by atoms with Crippen LogP contribution >= 0.6 is 0 Å². The zero-order valence-corrected chi connectivity index (χ0v) is 33.5. The van der Waals surface area contributed by atoms with Crippen LogP contribution in [-0.4, -0.2) is 88.1 Å². The Labute approximate surface area is 333 Å². The van der Waals surface area contributed by atoms with Crippen molar-refractivity contribution in [3.05, 3.63) is 77.4 Å². The summed E-state index contributed by atoms with van der Waals surface area (Å²) in [5.74, 6) is 0.269. The molecule has 4 aromatic rings. The van der Waals surface area contributed by atoms with Crippen LogP contribution in [0.15, 0.2) is 54.7 Å². The SMILES string of the molecule is COC(=O)NC(C(=O)N1CCCC1c1[nH]c(-c2ccc(-c3ccc(-c4cnc([C@@H]5CCCN5C(=O)[C@@H](NC(=O)OC)C(C)C)[nH]4)cc3)cc2)c2c1COC2)C(C)C. The fourth-order valence-electron chi connectivity index (χ4n) is 8.43. The summed E-state index contributed by atoms with van der Waals surface area (Å²) in [4.78, 5) is 67.0. The van der Waals surface area contributed by atoms with E-state index in [9.17, 15) is 19.2 Å². The summed E-state index contributed by atoms with van der Waals surface area (Å²) in [5.41, 5.74) is 9.26. The standard InChI is InChI=1S/C43H53N7O7/c1-24(2)35(47-42(53)55-5)40(51)49-19-7-9-33(49)38-31-23-57-22-30(31)37(46-38)29-17-13-27(14-18-29)26-11-15-28(16-12-26)32-21-44-39(45-32)34-10-8-20-50(34)41(52)36(25(3)4)48-43(54)56-6/h11-18,21,24-25,33-36,46H,7-10,19-20,22-23H2,1-6H3,(H,44,45)(H,47,53)(H,48,54)/t33?,34-,35?,36-/m0/s1. The van der Waals surface area contributed by atoms with Crippen LogP contribution in [0.5, 0.6) is 0 Å². The summed E-state index contributed by atoms with van der Waals surface area (Å²) in [6.07, 6.45) is 3.89. The number of benzene rings is 2. The maximum atomic E-state index is 13.8.